The fraction of sp³-hybridized carbons (Fsp3) is 0.545. The molecule has 17 heavy (non-hydrogen) atoms. The van der Waals surface area contributed by atoms with E-state index in [1.54, 1.807) is 12.4 Å². The average Bonchev–Trinajstić information content (AvgIpc) is 2.26. The van der Waals surface area contributed by atoms with Crippen LogP contribution in [-0.2, 0) is 16.6 Å². The summed E-state index contributed by atoms with van der Waals surface area (Å²) in [5.41, 5.74) is 6.26. The van der Waals surface area contributed by atoms with Gasteiger partial charge in [0.05, 0.1) is 5.75 Å². The number of aromatic nitrogens is 1. The van der Waals surface area contributed by atoms with Gasteiger partial charge in [0.25, 0.3) is 0 Å². The maximum Gasteiger partial charge on any atom is 0.215 e. The van der Waals surface area contributed by atoms with Crippen LogP contribution in [0.3, 0.4) is 0 Å². The van der Waals surface area contributed by atoms with Crippen LogP contribution < -0.4 is 5.73 Å². The third-order valence-electron chi connectivity index (χ3n) is 2.40. The normalized spacial score (nSPS) is 12.3. The van der Waals surface area contributed by atoms with Crippen molar-refractivity contribution in [3.63, 3.8) is 0 Å². The Bertz CT molecular complexity index is 431. The van der Waals surface area contributed by atoms with E-state index < -0.39 is 10.0 Å². The molecule has 1 rings (SSSR count). The van der Waals surface area contributed by atoms with Gasteiger partial charge in [-0.05, 0) is 31.5 Å². The molecule has 0 saturated carbocycles. The van der Waals surface area contributed by atoms with Gasteiger partial charge in [0.15, 0.2) is 0 Å². The van der Waals surface area contributed by atoms with Crippen LogP contribution in [0, 0.1) is 0 Å². The van der Waals surface area contributed by atoms with Gasteiger partial charge in [0, 0.05) is 31.5 Å². The first-order valence-electron chi connectivity index (χ1n) is 5.56. The summed E-state index contributed by atoms with van der Waals surface area (Å²) < 4.78 is 25.5. The van der Waals surface area contributed by atoms with Crippen molar-refractivity contribution in [3.05, 3.63) is 30.1 Å². The number of hydrogen-bond donors (Lipinski definition) is 1. The van der Waals surface area contributed by atoms with Gasteiger partial charge < -0.3 is 5.73 Å². The Morgan fingerprint density at radius 3 is 2.41 bits per heavy atom. The largest absolute Gasteiger partial charge is 0.329 e. The van der Waals surface area contributed by atoms with Crippen LogP contribution in [0.1, 0.15) is 19.4 Å². The lowest BCUT2D eigenvalue weighted by atomic mass is 10.2. The molecule has 0 aromatic carbocycles. The van der Waals surface area contributed by atoms with Crippen molar-refractivity contribution in [2.45, 2.75) is 26.4 Å². The molecule has 6 heteroatoms. The van der Waals surface area contributed by atoms with E-state index >= 15 is 0 Å². The third-order valence-corrected chi connectivity index (χ3v) is 4.41. The molecule has 1 heterocycles. The van der Waals surface area contributed by atoms with Gasteiger partial charge in [-0.15, -0.1) is 0 Å². The van der Waals surface area contributed by atoms with Crippen LogP contribution in [0.2, 0.25) is 0 Å². The Labute approximate surface area is 103 Å². The zero-order chi connectivity index (χ0) is 12.9. The first kappa shape index (κ1) is 14.1. The standard InChI is InChI=1S/C11H19N3O2S/c1-10(2)14(17(15,16)8-5-12)9-11-3-6-13-7-4-11/h3-4,6-7,10H,5,8-9,12H2,1-2H3. The fourth-order valence-corrected chi connectivity index (χ4v) is 3.06. The molecule has 1 aromatic heterocycles. The van der Waals surface area contributed by atoms with E-state index in [9.17, 15) is 8.42 Å². The van der Waals surface area contributed by atoms with E-state index in [0.717, 1.165) is 5.56 Å². The van der Waals surface area contributed by atoms with Crippen molar-refractivity contribution in [2.24, 2.45) is 5.73 Å². The van der Waals surface area contributed by atoms with Crippen molar-refractivity contribution in [1.82, 2.24) is 9.29 Å². The van der Waals surface area contributed by atoms with E-state index in [1.165, 1.54) is 4.31 Å². The summed E-state index contributed by atoms with van der Waals surface area (Å²) >= 11 is 0. The van der Waals surface area contributed by atoms with Crippen LogP contribution in [0.25, 0.3) is 0 Å². The molecule has 96 valence electrons. The summed E-state index contributed by atoms with van der Waals surface area (Å²) in [6, 6.07) is 3.54. The first-order chi connectivity index (χ1) is 7.97. The molecular weight excluding hydrogens is 238 g/mol. The van der Waals surface area contributed by atoms with Crippen LogP contribution >= 0.6 is 0 Å². The number of nitrogens with zero attached hydrogens (tertiary/aromatic N) is 2. The second-order valence-electron chi connectivity index (χ2n) is 4.10. The van der Waals surface area contributed by atoms with Gasteiger partial charge in [-0.25, -0.2) is 8.42 Å². The van der Waals surface area contributed by atoms with Crippen LogP contribution in [0.5, 0.6) is 0 Å². The monoisotopic (exact) mass is 257 g/mol. The van der Waals surface area contributed by atoms with Crippen molar-refractivity contribution in [2.75, 3.05) is 12.3 Å². The van der Waals surface area contributed by atoms with Gasteiger partial charge in [-0.3, -0.25) is 4.98 Å². The highest BCUT2D eigenvalue weighted by Gasteiger charge is 2.24. The van der Waals surface area contributed by atoms with Crippen molar-refractivity contribution in [1.29, 1.82) is 0 Å². The van der Waals surface area contributed by atoms with Gasteiger partial charge >= 0.3 is 0 Å². The Morgan fingerprint density at radius 1 is 1.35 bits per heavy atom. The first-order valence-corrected chi connectivity index (χ1v) is 7.17. The lowest BCUT2D eigenvalue weighted by Gasteiger charge is -2.25. The zero-order valence-electron chi connectivity index (χ0n) is 10.2. The smallest absolute Gasteiger partial charge is 0.215 e. The second kappa shape index (κ2) is 6.09. The topological polar surface area (TPSA) is 76.3 Å². The summed E-state index contributed by atoms with van der Waals surface area (Å²) in [4.78, 5) is 3.91. The zero-order valence-corrected chi connectivity index (χ0v) is 11.0. The maximum absolute atomic E-state index is 12.0. The maximum atomic E-state index is 12.0. The molecule has 0 amide bonds. The molecule has 0 fully saturated rings. The van der Waals surface area contributed by atoms with Crippen molar-refractivity contribution in [3.8, 4) is 0 Å². The number of pyridine rings is 1. The van der Waals surface area contributed by atoms with Gasteiger partial charge in [-0.2, -0.15) is 4.31 Å². The Hall–Kier alpha value is -0.980. The predicted octanol–water partition coefficient (Wildman–Crippen LogP) is 0.581. The third kappa shape index (κ3) is 4.07. The highest BCUT2D eigenvalue weighted by Crippen LogP contribution is 2.12. The molecule has 5 nitrogen and oxygen atoms in total. The number of hydrogen-bond acceptors (Lipinski definition) is 4. The average molecular weight is 257 g/mol. The molecule has 0 aliphatic rings. The van der Waals surface area contributed by atoms with E-state index in [0.29, 0.717) is 6.54 Å². The summed E-state index contributed by atoms with van der Waals surface area (Å²) in [5.74, 6) is -0.0176. The summed E-state index contributed by atoms with van der Waals surface area (Å²) in [6.07, 6.45) is 3.31. The Balaban J connectivity index is 2.88. The van der Waals surface area contributed by atoms with Crippen molar-refractivity contribution >= 4 is 10.0 Å². The lowest BCUT2D eigenvalue weighted by molar-refractivity contribution is 0.348. The molecule has 1 aromatic rings. The van der Waals surface area contributed by atoms with E-state index in [-0.39, 0.29) is 18.3 Å². The summed E-state index contributed by atoms with van der Waals surface area (Å²) in [5, 5.41) is 0. The van der Waals surface area contributed by atoms with Crippen LogP contribution in [0.4, 0.5) is 0 Å². The highest BCUT2D eigenvalue weighted by atomic mass is 32.2. The van der Waals surface area contributed by atoms with E-state index in [1.807, 2.05) is 26.0 Å². The molecule has 0 unspecified atom stereocenters. The minimum absolute atomic E-state index is 0.0176. The van der Waals surface area contributed by atoms with Crippen molar-refractivity contribution < 1.29 is 8.42 Å². The summed E-state index contributed by atoms with van der Waals surface area (Å²) in [6.45, 7) is 4.22. The number of nitrogens with two attached hydrogens (primary N) is 1. The molecule has 0 atom stereocenters. The number of sulfonamides is 1. The Kier molecular flexibility index (Phi) is 5.04. The van der Waals surface area contributed by atoms with Gasteiger partial charge in [0.1, 0.15) is 0 Å². The molecule has 0 bridgehead atoms. The predicted molar refractivity (Wildman–Crippen MR) is 67.8 cm³/mol. The van der Waals surface area contributed by atoms with Crippen LogP contribution in [-0.4, -0.2) is 36.0 Å². The molecule has 0 aliphatic carbocycles. The molecule has 2 N–H and O–H groups in total. The Morgan fingerprint density at radius 2 is 1.94 bits per heavy atom. The van der Waals surface area contributed by atoms with Gasteiger partial charge in [-0.1, -0.05) is 0 Å². The second-order valence-corrected chi connectivity index (χ2v) is 6.14. The molecule has 0 spiro atoms. The quantitative estimate of drug-likeness (QED) is 0.809. The minimum atomic E-state index is -3.28. The fourth-order valence-electron chi connectivity index (χ4n) is 1.54. The minimum Gasteiger partial charge on any atom is -0.329 e. The lowest BCUT2D eigenvalue weighted by Crippen LogP contribution is -2.39. The van der Waals surface area contributed by atoms with E-state index in [2.05, 4.69) is 4.98 Å². The molecule has 0 saturated heterocycles. The SMILES string of the molecule is CC(C)N(Cc1ccncc1)S(=O)(=O)CCN. The molecule has 0 aliphatic heterocycles. The van der Waals surface area contributed by atoms with Crippen LogP contribution in [0.15, 0.2) is 24.5 Å². The molecule has 0 radical (unpaired) electrons. The molecular formula is C11H19N3O2S. The van der Waals surface area contributed by atoms with Gasteiger partial charge in [0.2, 0.25) is 10.0 Å². The highest BCUT2D eigenvalue weighted by molar-refractivity contribution is 7.89. The van der Waals surface area contributed by atoms with E-state index in [4.69, 9.17) is 5.73 Å². The summed E-state index contributed by atoms with van der Waals surface area (Å²) in [7, 11) is -3.28. The number of rotatable bonds is 6.